The SMILES string of the molecule is CCC[C@@H]([C@@H](CCCc1ccccn1)C(=O)N[C@H](C(=O)Nc1nccs1)C(C)(C)C)N(O)C=O. The van der Waals surface area contributed by atoms with Gasteiger partial charge in [-0.2, -0.15) is 0 Å². The monoisotopic (exact) mass is 489 g/mol. The van der Waals surface area contributed by atoms with E-state index in [1.54, 1.807) is 17.8 Å². The first kappa shape index (κ1) is 27.4. The first-order valence-electron chi connectivity index (χ1n) is 11.5. The maximum atomic E-state index is 13.5. The van der Waals surface area contributed by atoms with Crippen molar-refractivity contribution in [2.75, 3.05) is 5.32 Å². The summed E-state index contributed by atoms with van der Waals surface area (Å²) in [6.07, 6.45) is 6.47. The third-order valence-corrected chi connectivity index (χ3v) is 6.27. The van der Waals surface area contributed by atoms with E-state index in [0.29, 0.717) is 48.7 Å². The molecule has 10 heteroatoms. The van der Waals surface area contributed by atoms with Gasteiger partial charge in [0, 0.05) is 23.5 Å². The molecule has 0 aromatic carbocycles. The summed E-state index contributed by atoms with van der Waals surface area (Å²) in [6, 6.07) is 4.12. The van der Waals surface area contributed by atoms with Crippen LogP contribution >= 0.6 is 11.3 Å². The third kappa shape index (κ3) is 8.18. The molecule has 9 nitrogen and oxygen atoms in total. The van der Waals surface area contributed by atoms with E-state index < -0.39 is 23.4 Å². The van der Waals surface area contributed by atoms with E-state index in [0.717, 1.165) is 5.69 Å². The largest absolute Gasteiger partial charge is 0.343 e. The Bertz CT molecular complexity index is 902. The van der Waals surface area contributed by atoms with Gasteiger partial charge in [0.1, 0.15) is 6.04 Å². The number of thiazole rings is 1. The van der Waals surface area contributed by atoms with Gasteiger partial charge in [0.2, 0.25) is 18.2 Å². The summed E-state index contributed by atoms with van der Waals surface area (Å²) < 4.78 is 0. The average molecular weight is 490 g/mol. The van der Waals surface area contributed by atoms with Crippen LogP contribution in [0.1, 0.15) is 59.1 Å². The second-order valence-corrected chi connectivity index (χ2v) is 10.2. The van der Waals surface area contributed by atoms with Crippen molar-refractivity contribution in [3.63, 3.8) is 0 Å². The minimum absolute atomic E-state index is 0.329. The highest BCUT2D eigenvalue weighted by atomic mass is 32.1. The highest BCUT2D eigenvalue weighted by Gasteiger charge is 2.38. The van der Waals surface area contributed by atoms with Crippen LogP contribution in [-0.4, -0.2) is 50.5 Å². The fraction of sp³-hybridized carbons (Fsp3) is 0.542. The smallest absolute Gasteiger partial charge is 0.249 e. The molecular formula is C24H35N5O4S. The zero-order chi connectivity index (χ0) is 25.1. The molecular weight excluding hydrogens is 454 g/mol. The Balaban J connectivity index is 2.21. The van der Waals surface area contributed by atoms with Crippen LogP contribution in [0.5, 0.6) is 0 Å². The van der Waals surface area contributed by atoms with Crippen LogP contribution in [0.4, 0.5) is 5.13 Å². The van der Waals surface area contributed by atoms with Gasteiger partial charge in [0.05, 0.1) is 12.0 Å². The molecule has 3 amide bonds. The van der Waals surface area contributed by atoms with Crippen molar-refractivity contribution in [2.45, 2.75) is 71.9 Å². The molecule has 0 aliphatic carbocycles. The molecule has 2 heterocycles. The number of carbonyl (C=O) groups excluding carboxylic acids is 3. The van der Waals surface area contributed by atoms with E-state index >= 15 is 0 Å². The summed E-state index contributed by atoms with van der Waals surface area (Å²) in [5.41, 5.74) is 0.319. The van der Waals surface area contributed by atoms with Gasteiger partial charge < -0.3 is 10.6 Å². The summed E-state index contributed by atoms with van der Waals surface area (Å²) in [5, 5.41) is 18.7. The number of nitrogens with zero attached hydrogens (tertiary/aromatic N) is 3. The van der Waals surface area contributed by atoms with Crippen LogP contribution in [0.2, 0.25) is 0 Å². The van der Waals surface area contributed by atoms with E-state index in [1.807, 2.05) is 45.9 Å². The summed E-state index contributed by atoms with van der Waals surface area (Å²) in [4.78, 5) is 46.3. The first-order chi connectivity index (χ1) is 16.2. The number of aryl methyl sites for hydroxylation is 1. The number of hydroxylamine groups is 2. The molecule has 3 atom stereocenters. The second kappa shape index (κ2) is 13.1. The molecule has 186 valence electrons. The molecule has 0 radical (unpaired) electrons. The minimum Gasteiger partial charge on any atom is -0.343 e. The quantitative estimate of drug-likeness (QED) is 0.224. The Morgan fingerprint density at radius 1 is 1.18 bits per heavy atom. The van der Waals surface area contributed by atoms with Gasteiger partial charge in [-0.05, 0) is 43.2 Å². The van der Waals surface area contributed by atoms with Gasteiger partial charge >= 0.3 is 0 Å². The second-order valence-electron chi connectivity index (χ2n) is 9.30. The summed E-state index contributed by atoms with van der Waals surface area (Å²) in [7, 11) is 0. The molecule has 0 unspecified atom stereocenters. The van der Waals surface area contributed by atoms with Crippen molar-refractivity contribution in [3.05, 3.63) is 41.7 Å². The highest BCUT2D eigenvalue weighted by Crippen LogP contribution is 2.25. The Morgan fingerprint density at radius 2 is 1.94 bits per heavy atom. The zero-order valence-corrected chi connectivity index (χ0v) is 21.0. The maximum absolute atomic E-state index is 13.5. The molecule has 3 N–H and O–H groups in total. The Morgan fingerprint density at radius 3 is 2.50 bits per heavy atom. The minimum atomic E-state index is -0.840. The van der Waals surface area contributed by atoms with Crippen molar-refractivity contribution in [1.29, 1.82) is 0 Å². The molecule has 34 heavy (non-hydrogen) atoms. The molecule has 0 aliphatic rings. The molecule has 2 aromatic heterocycles. The van der Waals surface area contributed by atoms with Crippen LogP contribution in [0, 0.1) is 11.3 Å². The lowest BCUT2D eigenvalue weighted by molar-refractivity contribution is -0.169. The number of carbonyl (C=O) groups is 3. The van der Waals surface area contributed by atoms with Gasteiger partial charge in [-0.1, -0.05) is 40.2 Å². The maximum Gasteiger partial charge on any atom is 0.249 e. The standard InChI is InChI=1S/C24H35N5O4S/c1-5-9-19(29(33)16-30)18(12-8-11-17-10-6-7-13-25-17)21(31)27-20(24(2,3)4)22(32)28-23-26-14-15-34-23/h6-7,10,13-16,18-20,33H,5,8-9,11-12H2,1-4H3,(H,27,31)(H,26,28,32)/t18-,19+,20-/m1/s1. The molecule has 0 bridgehead atoms. The number of nitrogens with one attached hydrogen (secondary N) is 2. The van der Waals surface area contributed by atoms with Crippen LogP contribution in [-0.2, 0) is 20.8 Å². The predicted octanol–water partition coefficient (Wildman–Crippen LogP) is 3.66. The number of aromatic nitrogens is 2. The van der Waals surface area contributed by atoms with Gasteiger partial charge in [-0.3, -0.25) is 24.6 Å². The van der Waals surface area contributed by atoms with Crippen molar-refractivity contribution in [2.24, 2.45) is 11.3 Å². The predicted molar refractivity (Wildman–Crippen MR) is 131 cm³/mol. The molecule has 2 rings (SSSR count). The molecule has 0 saturated carbocycles. The van der Waals surface area contributed by atoms with Crippen LogP contribution in [0.25, 0.3) is 0 Å². The first-order valence-corrected chi connectivity index (χ1v) is 12.4. The summed E-state index contributed by atoms with van der Waals surface area (Å²) in [6.45, 7) is 7.52. The van der Waals surface area contributed by atoms with Crippen LogP contribution in [0.15, 0.2) is 36.0 Å². The van der Waals surface area contributed by atoms with Crippen LogP contribution < -0.4 is 10.6 Å². The Hall–Kier alpha value is -2.85. The molecule has 2 aromatic rings. The summed E-state index contributed by atoms with van der Waals surface area (Å²) in [5.74, 6) is -1.45. The Labute approximate surface area is 204 Å². The molecule has 0 spiro atoms. The van der Waals surface area contributed by atoms with Gasteiger partial charge in [-0.25, -0.2) is 10.0 Å². The fourth-order valence-electron chi connectivity index (χ4n) is 3.83. The van der Waals surface area contributed by atoms with Gasteiger partial charge in [0.15, 0.2) is 5.13 Å². The van der Waals surface area contributed by atoms with Gasteiger partial charge in [0.25, 0.3) is 0 Å². The number of rotatable bonds is 13. The normalized spacial score (nSPS) is 14.0. The van der Waals surface area contributed by atoms with E-state index in [9.17, 15) is 19.6 Å². The number of anilines is 1. The van der Waals surface area contributed by atoms with E-state index in [2.05, 4.69) is 20.6 Å². The molecule has 0 aliphatic heterocycles. The van der Waals surface area contributed by atoms with Crippen LogP contribution in [0.3, 0.4) is 0 Å². The highest BCUT2D eigenvalue weighted by molar-refractivity contribution is 7.13. The number of hydrogen-bond donors (Lipinski definition) is 3. The Kier molecular flexibility index (Phi) is 10.6. The third-order valence-electron chi connectivity index (χ3n) is 5.58. The molecule has 0 fully saturated rings. The van der Waals surface area contributed by atoms with E-state index in [-0.39, 0.29) is 11.8 Å². The lowest BCUT2D eigenvalue weighted by Gasteiger charge is -2.34. The van der Waals surface area contributed by atoms with Crippen molar-refractivity contribution in [3.8, 4) is 0 Å². The topological polar surface area (TPSA) is 125 Å². The average Bonchev–Trinajstić information content (AvgIpc) is 3.31. The van der Waals surface area contributed by atoms with E-state index in [4.69, 9.17) is 0 Å². The number of hydrogen-bond acceptors (Lipinski definition) is 7. The van der Waals surface area contributed by atoms with Crippen molar-refractivity contribution < 1.29 is 19.6 Å². The number of pyridine rings is 1. The number of amides is 3. The lowest BCUT2D eigenvalue weighted by Crippen LogP contribution is -2.55. The molecule has 0 saturated heterocycles. The van der Waals surface area contributed by atoms with Gasteiger partial charge in [-0.15, -0.1) is 11.3 Å². The van der Waals surface area contributed by atoms with Crippen molar-refractivity contribution in [1.82, 2.24) is 20.3 Å². The zero-order valence-electron chi connectivity index (χ0n) is 20.2. The van der Waals surface area contributed by atoms with Crippen molar-refractivity contribution >= 4 is 34.7 Å². The summed E-state index contributed by atoms with van der Waals surface area (Å²) >= 11 is 1.29. The van der Waals surface area contributed by atoms with E-state index in [1.165, 1.54) is 11.3 Å². The lowest BCUT2D eigenvalue weighted by atomic mass is 9.84. The fourth-order valence-corrected chi connectivity index (χ4v) is 4.36.